The number of hydrogen-bond donors (Lipinski definition) is 2. The van der Waals surface area contributed by atoms with Crippen LogP contribution in [0.4, 0.5) is 5.69 Å². The van der Waals surface area contributed by atoms with Crippen molar-refractivity contribution >= 4 is 17.5 Å². The van der Waals surface area contributed by atoms with Crippen LogP contribution in [0.25, 0.3) is 0 Å². The third kappa shape index (κ3) is 3.66. The van der Waals surface area contributed by atoms with Crippen molar-refractivity contribution in [3.8, 4) is 0 Å². The van der Waals surface area contributed by atoms with Gasteiger partial charge in [0.15, 0.2) is 0 Å². The lowest BCUT2D eigenvalue weighted by atomic mass is 10.1. The van der Waals surface area contributed by atoms with E-state index in [2.05, 4.69) is 22.4 Å². The molecule has 0 saturated heterocycles. The molecule has 6 heteroatoms. The monoisotopic (exact) mass is 313 g/mol. The van der Waals surface area contributed by atoms with Crippen LogP contribution in [0.1, 0.15) is 39.1 Å². The summed E-state index contributed by atoms with van der Waals surface area (Å²) >= 11 is 0. The summed E-state index contributed by atoms with van der Waals surface area (Å²) in [6, 6.07) is 6.81. The van der Waals surface area contributed by atoms with Crippen molar-refractivity contribution in [2.75, 3.05) is 11.9 Å². The topological polar surface area (TPSA) is 84.2 Å². The number of nitrogens with zero attached hydrogens (tertiary/aromatic N) is 1. The van der Waals surface area contributed by atoms with E-state index >= 15 is 0 Å². The largest absolute Gasteiger partial charge is 0.361 e. The quantitative estimate of drug-likeness (QED) is 0.803. The molecule has 0 unspecified atom stereocenters. The van der Waals surface area contributed by atoms with Gasteiger partial charge >= 0.3 is 0 Å². The van der Waals surface area contributed by atoms with Crippen LogP contribution in [0.5, 0.6) is 0 Å². The van der Waals surface area contributed by atoms with Crippen molar-refractivity contribution in [3.05, 3.63) is 59.5 Å². The van der Waals surface area contributed by atoms with Crippen molar-refractivity contribution in [2.24, 2.45) is 0 Å². The molecule has 0 fully saturated rings. The van der Waals surface area contributed by atoms with E-state index in [1.165, 1.54) is 0 Å². The molecule has 0 aliphatic carbocycles. The van der Waals surface area contributed by atoms with Gasteiger partial charge in [-0.2, -0.15) is 0 Å². The van der Waals surface area contributed by atoms with Crippen LogP contribution in [-0.4, -0.2) is 23.5 Å². The fourth-order valence-corrected chi connectivity index (χ4v) is 2.19. The lowest BCUT2D eigenvalue weighted by molar-refractivity contribution is 0.0959. The molecular weight excluding hydrogens is 294 g/mol. The SMILES string of the molecule is C=CCNC(=O)c1ccccc1NC(=O)c1c(CC)noc1C. The number of rotatable bonds is 6. The zero-order chi connectivity index (χ0) is 16.8. The van der Waals surface area contributed by atoms with Crippen LogP contribution < -0.4 is 10.6 Å². The Morgan fingerprint density at radius 3 is 2.74 bits per heavy atom. The molecule has 0 aliphatic rings. The number of carbonyl (C=O) groups excluding carboxylic acids is 2. The maximum Gasteiger partial charge on any atom is 0.261 e. The fraction of sp³-hybridized carbons (Fsp3) is 0.235. The summed E-state index contributed by atoms with van der Waals surface area (Å²) in [5.74, 6) is -0.170. The van der Waals surface area contributed by atoms with Gasteiger partial charge in [0.1, 0.15) is 11.3 Å². The minimum absolute atomic E-state index is 0.279. The average molecular weight is 313 g/mol. The molecule has 2 amide bonds. The summed E-state index contributed by atoms with van der Waals surface area (Å²) in [7, 11) is 0. The Morgan fingerprint density at radius 1 is 1.30 bits per heavy atom. The van der Waals surface area contributed by atoms with Gasteiger partial charge in [-0.25, -0.2) is 0 Å². The second kappa shape index (κ2) is 7.40. The Kier molecular flexibility index (Phi) is 5.30. The number of amides is 2. The molecule has 1 aromatic carbocycles. The minimum Gasteiger partial charge on any atom is -0.361 e. The normalized spacial score (nSPS) is 10.2. The van der Waals surface area contributed by atoms with E-state index in [9.17, 15) is 9.59 Å². The third-order valence-corrected chi connectivity index (χ3v) is 3.32. The molecule has 1 aromatic heterocycles. The van der Waals surface area contributed by atoms with Crippen LogP contribution >= 0.6 is 0 Å². The van der Waals surface area contributed by atoms with E-state index < -0.39 is 0 Å². The molecule has 0 atom stereocenters. The predicted molar refractivity (Wildman–Crippen MR) is 87.5 cm³/mol. The van der Waals surface area contributed by atoms with Gasteiger partial charge in [0.05, 0.1) is 16.9 Å². The van der Waals surface area contributed by atoms with E-state index in [0.717, 1.165) is 0 Å². The maximum atomic E-state index is 12.5. The molecule has 120 valence electrons. The summed E-state index contributed by atoms with van der Waals surface area (Å²) in [5, 5.41) is 9.32. The van der Waals surface area contributed by atoms with Crippen molar-refractivity contribution in [2.45, 2.75) is 20.3 Å². The van der Waals surface area contributed by atoms with E-state index in [0.29, 0.717) is 41.2 Å². The Balaban J connectivity index is 2.26. The highest BCUT2D eigenvalue weighted by Gasteiger charge is 2.21. The summed E-state index contributed by atoms with van der Waals surface area (Å²) < 4.78 is 5.07. The first kappa shape index (κ1) is 16.5. The molecule has 6 nitrogen and oxygen atoms in total. The van der Waals surface area contributed by atoms with Crippen LogP contribution in [0.3, 0.4) is 0 Å². The number of hydrogen-bond acceptors (Lipinski definition) is 4. The smallest absolute Gasteiger partial charge is 0.261 e. The number of para-hydroxylation sites is 1. The number of carbonyl (C=O) groups is 2. The average Bonchev–Trinajstić information content (AvgIpc) is 2.94. The molecule has 23 heavy (non-hydrogen) atoms. The van der Waals surface area contributed by atoms with E-state index in [1.54, 1.807) is 37.3 Å². The predicted octanol–water partition coefficient (Wildman–Crippen LogP) is 2.71. The second-order valence-electron chi connectivity index (χ2n) is 4.91. The van der Waals surface area contributed by atoms with Crippen molar-refractivity contribution < 1.29 is 14.1 Å². The Labute approximate surface area is 134 Å². The lowest BCUT2D eigenvalue weighted by Gasteiger charge is -2.10. The van der Waals surface area contributed by atoms with Gasteiger partial charge in [-0.15, -0.1) is 6.58 Å². The van der Waals surface area contributed by atoms with E-state index in [4.69, 9.17) is 4.52 Å². The number of anilines is 1. The molecule has 2 aromatic rings. The molecule has 1 heterocycles. The highest BCUT2D eigenvalue weighted by atomic mass is 16.5. The highest BCUT2D eigenvalue weighted by Crippen LogP contribution is 2.19. The summed E-state index contributed by atoms with van der Waals surface area (Å²) in [6.07, 6.45) is 2.18. The number of benzene rings is 1. The van der Waals surface area contributed by atoms with Crippen LogP contribution in [0, 0.1) is 6.92 Å². The van der Waals surface area contributed by atoms with Gasteiger partial charge in [-0.05, 0) is 25.5 Å². The van der Waals surface area contributed by atoms with Crippen molar-refractivity contribution in [1.29, 1.82) is 0 Å². The summed E-state index contributed by atoms with van der Waals surface area (Å²) in [6.45, 7) is 7.49. The number of aryl methyl sites for hydroxylation is 2. The molecule has 0 radical (unpaired) electrons. The molecule has 0 aliphatic heterocycles. The zero-order valence-corrected chi connectivity index (χ0v) is 13.2. The molecule has 0 saturated carbocycles. The molecule has 0 bridgehead atoms. The van der Waals surface area contributed by atoms with Gasteiger partial charge in [0, 0.05) is 6.54 Å². The Bertz CT molecular complexity index is 734. The van der Waals surface area contributed by atoms with Crippen molar-refractivity contribution in [3.63, 3.8) is 0 Å². The van der Waals surface area contributed by atoms with Crippen LogP contribution in [0.15, 0.2) is 41.4 Å². The van der Waals surface area contributed by atoms with Gasteiger partial charge in [0.25, 0.3) is 11.8 Å². The van der Waals surface area contributed by atoms with Crippen LogP contribution in [-0.2, 0) is 6.42 Å². The third-order valence-electron chi connectivity index (χ3n) is 3.32. The molecular formula is C17H19N3O3. The minimum atomic E-state index is -0.343. The van der Waals surface area contributed by atoms with Gasteiger partial charge in [0.2, 0.25) is 0 Å². The number of nitrogens with one attached hydrogen (secondary N) is 2. The first-order valence-corrected chi connectivity index (χ1v) is 7.33. The molecule has 2 rings (SSSR count). The van der Waals surface area contributed by atoms with Gasteiger partial charge in [-0.3, -0.25) is 9.59 Å². The second-order valence-corrected chi connectivity index (χ2v) is 4.91. The summed E-state index contributed by atoms with van der Waals surface area (Å²) in [5.41, 5.74) is 1.82. The molecule has 0 spiro atoms. The standard InChI is InChI=1S/C17H19N3O3/c1-4-10-18-16(21)12-8-6-7-9-14(12)19-17(22)15-11(3)23-20-13(15)5-2/h4,6-9H,1,5,10H2,2-3H3,(H,18,21)(H,19,22). The first-order valence-electron chi connectivity index (χ1n) is 7.33. The maximum absolute atomic E-state index is 12.5. The Morgan fingerprint density at radius 2 is 2.04 bits per heavy atom. The summed E-state index contributed by atoms with van der Waals surface area (Å²) in [4.78, 5) is 24.6. The lowest BCUT2D eigenvalue weighted by Crippen LogP contribution is -2.25. The van der Waals surface area contributed by atoms with Gasteiger partial charge < -0.3 is 15.2 Å². The number of aromatic nitrogens is 1. The fourth-order valence-electron chi connectivity index (χ4n) is 2.19. The van der Waals surface area contributed by atoms with E-state index in [-0.39, 0.29) is 11.8 Å². The van der Waals surface area contributed by atoms with Crippen LogP contribution in [0.2, 0.25) is 0 Å². The molecule has 2 N–H and O–H groups in total. The van der Waals surface area contributed by atoms with Crippen molar-refractivity contribution in [1.82, 2.24) is 10.5 Å². The highest BCUT2D eigenvalue weighted by molar-refractivity contribution is 6.09. The Hall–Kier alpha value is -2.89. The first-order chi connectivity index (χ1) is 11.1. The van der Waals surface area contributed by atoms with Gasteiger partial charge in [-0.1, -0.05) is 30.3 Å². The zero-order valence-electron chi connectivity index (χ0n) is 13.2. The van der Waals surface area contributed by atoms with E-state index in [1.807, 2.05) is 6.92 Å².